The van der Waals surface area contributed by atoms with Crippen molar-refractivity contribution in [2.45, 2.75) is 38.6 Å². The molecule has 1 aromatic rings. The van der Waals surface area contributed by atoms with Gasteiger partial charge >= 0.3 is 0 Å². The quantitative estimate of drug-likeness (QED) is 0.770. The fourth-order valence-corrected chi connectivity index (χ4v) is 2.46. The number of carbonyl (C=O) groups excluding carboxylic acids is 1. The molecule has 18 heavy (non-hydrogen) atoms. The van der Waals surface area contributed by atoms with E-state index in [-0.39, 0.29) is 5.91 Å². The first kappa shape index (κ1) is 13.4. The third kappa shape index (κ3) is 2.69. The van der Waals surface area contributed by atoms with Gasteiger partial charge in [-0.1, -0.05) is 0 Å². The van der Waals surface area contributed by atoms with E-state index in [2.05, 4.69) is 5.10 Å². The SMILES string of the molecule is Cc1nn(C)cc1C(=O)N(CCCCl)C1CCC1. The van der Waals surface area contributed by atoms with Crippen molar-refractivity contribution >= 4 is 17.5 Å². The number of aryl methyl sites for hydroxylation is 2. The minimum absolute atomic E-state index is 0.107. The van der Waals surface area contributed by atoms with Gasteiger partial charge in [0.15, 0.2) is 0 Å². The number of hydrogen-bond donors (Lipinski definition) is 0. The highest BCUT2D eigenvalue weighted by atomic mass is 35.5. The van der Waals surface area contributed by atoms with Crippen LogP contribution < -0.4 is 0 Å². The van der Waals surface area contributed by atoms with Gasteiger partial charge in [-0.2, -0.15) is 5.10 Å². The lowest BCUT2D eigenvalue weighted by molar-refractivity contribution is 0.0580. The number of amides is 1. The van der Waals surface area contributed by atoms with Crippen LogP contribution in [0.25, 0.3) is 0 Å². The summed E-state index contributed by atoms with van der Waals surface area (Å²) in [5, 5.41) is 4.24. The van der Waals surface area contributed by atoms with Gasteiger partial charge in [-0.15, -0.1) is 11.6 Å². The molecule has 0 N–H and O–H groups in total. The van der Waals surface area contributed by atoms with E-state index in [1.54, 1.807) is 4.68 Å². The summed E-state index contributed by atoms with van der Waals surface area (Å²) < 4.78 is 1.70. The Morgan fingerprint density at radius 1 is 1.61 bits per heavy atom. The number of halogens is 1. The Hall–Kier alpha value is -1.03. The molecule has 4 nitrogen and oxygen atoms in total. The molecule has 1 aliphatic rings. The van der Waals surface area contributed by atoms with Crippen molar-refractivity contribution in [2.75, 3.05) is 12.4 Å². The normalized spacial score (nSPS) is 15.5. The maximum Gasteiger partial charge on any atom is 0.257 e. The third-order valence-electron chi connectivity index (χ3n) is 3.55. The van der Waals surface area contributed by atoms with Gasteiger partial charge in [0, 0.05) is 31.7 Å². The van der Waals surface area contributed by atoms with Crippen LogP contribution in [0.1, 0.15) is 41.7 Å². The Morgan fingerprint density at radius 3 is 2.78 bits per heavy atom. The second-order valence-corrected chi connectivity index (χ2v) is 5.31. The molecule has 0 atom stereocenters. The van der Waals surface area contributed by atoms with Crippen LogP contribution in [0.3, 0.4) is 0 Å². The maximum atomic E-state index is 12.5. The number of nitrogens with zero attached hydrogens (tertiary/aromatic N) is 3. The van der Waals surface area contributed by atoms with Gasteiger partial charge in [0.2, 0.25) is 0 Å². The van der Waals surface area contributed by atoms with Gasteiger partial charge in [-0.25, -0.2) is 0 Å². The molecule has 0 spiro atoms. The largest absolute Gasteiger partial charge is 0.336 e. The molecular weight excluding hydrogens is 250 g/mol. The summed E-state index contributed by atoms with van der Waals surface area (Å²) in [5.74, 6) is 0.707. The second kappa shape index (κ2) is 5.74. The van der Waals surface area contributed by atoms with Crippen molar-refractivity contribution in [1.82, 2.24) is 14.7 Å². The Balaban J connectivity index is 2.13. The summed E-state index contributed by atoms with van der Waals surface area (Å²) in [6, 6.07) is 0.403. The molecule has 5 heteroatoms. The van der Waals surface area contributed by atoms with Crippen molar-refractivity contribution in [2.24, 2.45) is 7.05 Å². The molecule has 0 unspecified atom stereocenters. The standard InChI is InChI=1S/C13H20ClN3O/c1-10-12(9-16(2)15-10)13(18)17(8-4-7-14)11-5-3-6-11/h9,11H,3-8H2,1-2H3. The highest BCUT2D eigenvalue weighted by Gasteiger charge is 2.30. The van der Waals surface area contributed by atoms with Gasteiger partial charge in [-0.3, -0.25) is 9.48 Å². The summed E-state index contributed by atoms with van der Waals surface area (Å²) >= 11 is 5.74. The van der Waals surface area contributed by atoms with Crippen molar-refractivity contribution in [3.05, 3.63) is 17.5 Å². The smallest absolute Gasteiger partial charge is 0.257 e. The molecular formula is C13H20ClN3O. The third-order valence-corrected chi connectivity index (χ3v) is 3.82. The summed E-state index contributed by atoms with van der Waals surface area (Å²) in [6.07, 6.45) is 6.12. The Kier molecular flexibility index (Phi) is 4.27. The topological polar surface area (TPSA) is 38.1 Å². The second-order valence-electron chi connectivity index (χ2n) is 4.93. The zero-order chi connectivity index (χ0) is 13.1. The Bertz CT molecular complexity index is 426. The highest BCUT2D eigenvalue weighted by Crippen LogP contribution is 2.26. The van der Waals surface area contributed by atoms with Crippen molar-refractivity contribution in [1.29, 1.82) is 0 Å². The van der Waals surface area contributed by atoms with E-state index in [1.165, 1.54) is 6.42 Å². The lowest BCUT2D eigenvalue weighted by atomic mass is 9.91. The predicted octanol–water partition coefficient (Wildman–Crippen LogP) is 2.35. The van der Waals surface area contributed by atoms with Crippen LogP contribution in [0.4, 0.5) is 0 Å². The summed E-state index contributed by atoms with van der Waals surface area (Å²) in [6.45, 7) is 2.63. The average molecular weight is 270 g/mol. The van der Waals surface area contributed by atoms with Crippen LogP contribution in [0.5, 0.6) is 0 Å². The molecule has 1 fully saturated rings. The van der Waals surface area contributed by atoms with Crippen LogP contribution in [0.2, 0.25) is 0 Å². The molecule has 0 saturated heterocycles. The van der Waals surface area contributed by atoms with Crippen molar-refractivity contribution < 1.29 is 4.79 Å². The first-order chi connectivity index (χ1) is 8.63. The van der Waals surface area contributed by atoms with E-state index in [1.807, 2.05) is 25.1 Å². The average Bonchev–Trinajstić information content (AvgIpc) is 2.60. The summed E-state index contributed by atoms with van der Waals surface area (Å²) in [5.41, 5.74) is 1.52. The van der Waals surface area contributed by atoms with Gasteiger partial charge < -0.3 is 4.90 Å². The predicted molar refractivity (Wildman–Crippen MR) is 72.0 cm³/mol. The van der Waals surface area contributed by atoms with Crippen molar-refractivity contribution in [3.8, 4) is 0 Å². The summed E-state index contributed by atoms with van der Waals surface area (Å²) in [7, 11) is 1.84. The molecule has 0 aliphatic heterocycles. The molecule has 1 amide bonds. The van der Waals surface area contributed by atoms with Crippen LogP contribution >= 0.6 is 11.6 Å². The fraction of sp³-hybridized carbons (Fsp3) is 0.692. The van der Waals surface area contributed by atoms with Gasteiger partial charge in [0.05, 0.1) is 11.3 Å². The molecule has 0 aromatic carbocycles. The number of hydrogen-bond acceptors (Lipinski definition) is 2. The molecule has 100 valence electrons. The molecule has 1 heterocycles. The van der Waals surface area contributed by atoms with Gasteiger partial charge in [0.1, 0.15) is 0 Å². The Labute approximate surface area is 113 Å². The Morgan fingerprint density at radius 2 is 2.33 bits per heavy atom. The van der Waals surface area contributed by atoms with E-state index in [0.717, 1.165) is 37.1 Å². The van der Waals surface area contributed by atoms with Gasteiger partial charge in [0.25, 0.3) is 5.91 Å². The monoisotopic (exact) mass is 269 g/mol. The molecule has 1 aliphatic carbocycles. The van der Waals surface area contributed by atoms with E-state index in [9.17, 15) is 4.79 Å². The maximum absolute atomic E-state index is 12.5. The lowest BCUT2D eigenvalue weighted by Crippen LogP contribution is -2.45. The molecule has 0 radical (unpaired) electrons. The van der Waals surface area contributed by atoms with E-state index < -0.39 is 0 Å². The number of rotatable bonds is 5. The van der Waals surface area contributed by atoms with Gasteiger partial charge in [-0.05, 0) is 32.6 Å². The molecule has 1 saturated carbocycles. The number of carbonyl (C=O) groups is 1. The van der Waals surface area contributed by atoms with Crippen LogP contribution in [0, 0.1) is 6.92 Å². The molecule has 1 aromatic heterocycles. The molecule has 0 bridgehead atoms. The highest BCUT2D eigenvalue weighted by molar-refractivity contribution is 6.17. The lowest BCUT2D eigenvalue weighted by Gasteiger charge is -2.37. The number of aromatic nitrogens is 2. The van der Waals surface area contributed by atoms with E-state index >= 15 is 0 Å². The first-order valence-electron chi connectivity index (χ1n) is 6.50. The molecule has 2 rings (SSSR count). The minimum atomic E-state index is 0.107. The number of alkyl halides is 1. The van der Waals surface area contributed by atoms with E-state index in [4.69, 9.17) is 11.6 Å². The van der Waals surface area contributed by atoms with Crippen LogP contribution in [-0.4, -0.2) is 39.1 Å². The minimum Gasteiger partial charge on any atom is -0.336 e. The van der Waals surface area contributed by atoms with Crippen LogP contribution in [-0.2, 0) is 7.05 Å². The van der Waals surface area contributed by atoms with Crippen molar-refractivity contribution in [3.63, 3.8) is 0 Å². The zero-order valence-electron chi connectivity index (χ0n) is 11.0. The zero-order valence-corrected chi connectivity index (χ0v) is 11.8. The first-order valence-corrected chi connectivity index (χ1v) is 7.04. The fourth-order valence-electron chi connectivity index (χ4n) is 2.34. The van der Waals surface area contributed by atoms with E-state index in [0.29, 0.717) is 11.9 Å². The van der Waals surface area contributed by atoms with Crippen LogP contribution in [0.15, 0.2) is 6.20 Å². The summed E-state index contributed by atoms with van der Waals surface area (Å²) in [4.78, 5) is 14.5.